The van der Waals surface area contributed by atoms with Crippen LogP contribution in [0.4, 0.5) is 5.82 Å². The average Bonchev–Trinajstić information content (AvgIpc) is 2.49. The second kappa shape index (κ2) is 7.57. The highest BCUT2D eigenvalue weighted by Crippen LogP contribution is 2.18. The minimum Gasteiger partial charge on any atom is -0.392 e. The molecule has 2 rings (SSSR count). The molecule has 0 saturated heterocycles. The molecule has 1 heterocycles. The Morgan fingerprint density at radius 1 is 1.14 bits per heavy atom. The number of aryl methyl sites for hydroxylation is 1. The van der Waals surface area contributed by atoms with E-state index in [4.69, 9.17) is 4.98 Å². The Balaban J connectivity index is 2.19. The molecular weight excluding hydrogens is 328 g/mol. The van der Waals surface area contributed by atoms with Gasteiger partial charge in [-0.1, -0.05) is 41.4 Å². The van der Waals surface area contributed by atoms with Crippen molar-refractivity contribution in [3.8, 4) is 0 Å². The lowest BCUT2D eigenvalue weighted by molar-refractivity contribution is 0.281. The van der Waals surface area contributed by atoms with Crippen molar-refractivity contribution in [2.24, 2.45) is 0 Å². The number of aromatic nitrogens is 1. The Bertz CT molecular complexity index is 584. The Morgan fingerprint density at radius 2 is 1.86 bits per heavy atom. The summed E-state index contributed by atoms with van der Waals surface area (Å²) in [5.74, 6) is 0.910. The molecule has 112 valence electrons. The van der Waals surface area contributed by atoms with E-state index in [2.05, 4.69) is 39.9 Å². The molecule has 0 saturated carbocycles. The molecule has 0 spiro atoms. The van der Waals surface area contributed by atoms with Gasteiger partial charge in [-0.3, -0.25) is 0 Å². The fourth-order valence-electron chi connectivity index (χ4n) is 2.25. The summed E-state index contributed by atoms with van der Waals surface area (Å²) >= 11 is 3.45. The van der Waals surface area contributed by atoms with Crippen molar-refractivity contribution in [2.75, 3.05) is 11.9 Å². The van der Waals surface area contributed by atoms with Crippen LogP contribution >= 0.6 is 15.9 Å². The van der Waals surface area contributed by atoms with Crippen LogP contribution in [-0.2, 0) is 19.6 Å². The van der Waals surface area contributed by atoms with Crippen molar-refractivity contribution in [1.29, 1.82) is 0 Å². The number of rotatable bonds is 6. The van der Waals surface area contributed by atoms with E-state index < -0.39 is 0 Å². The summed E-state index contributed by atoms with van der Waals surface area (Å²) in [6, 6.07) is 12.2. The van der Waals surface area contributed by atoms with E-state index in [1.165, 1.54) is 5.56 Å². The van der Waals surface area contributed by atoms with Crippen LogP contribution in [0.15, 0.2) is 40.9 Å². The van der Waals surface area contributed by atoms with Crippen LogP contribution < -0.4 is 4.90 Å². The first-order valence-electron chi connectivity index (χ1n) is 7.18. The molecule has 0 radical (unpaired) electrons. The number of anilines is 1. The monoisotopic (exact) mass is 348 g/mol. The molecule has 0 amide bonds. The van der Waals surface area contributed by atoms with Crippen LogP contribution in [0, 0.1) is 0 Å². The number of benzene rings is 1. The molecule has 0 unspecified atom stereocenters. The number of halogens is 1. The highest BCUT2D eigenvalue weighted by Gasteiger charge is 2.07. The minimum atomic E-state index is 0.0539. The molecule has 1 N–H and O–H groups in total. The lowest BCUT2D eigenvalue weighted by Gasteiger charge is -2.20. The third-order valence-electron chi connectivity index (χ3n) is 3.34. The number of aliphatic hydroxyl groups excluding tert-OH is 1. The number of pyridine rings is 1. The molecule has 3 nitrogen and oxygen atoms in total. The van der Waals surface area contributed by atoms with Crippen LogP contribution in [-0.4, -0.2) is 17.1 Å². The Labute approximate surface area is 134 Å². The standard InChI is InChI=1S/C17H21BrN2O/c1-3-4-16-9-14(12-21)10-17(19-16)20(2)11-13-5-7-15(18)8-6-13/h5-10,21H,3-4,11-12H2,1-2H3. The Hall–Kier alpha value is -1.39. The van der Waals surface area contributed by atoms with Gasteiger partial charge in [0.1, 0.15) is 5.82 Å². The van der Waals surface area contributed by atoms with Gasteiger partial charge in [-0.25, -0.2) is 4.98 Å². The quantitative estimate of drug-likeness (QED) is 0.859. The Kier molecular flexibility index (Phi) is 5.76. The third kappa shape index (κ3) is 4.55. The fraction of sp³-hybridized carbons (Fsp3) is 0.353. The van der Waals surface area contributed by atoms with E-state index in [-0.39, 0.29) is 6.61 Å². The SMILES string of the molecule is CCCc1cc(CO)cc(N(C)Cc2ccc(Br)cc2)n1. The Morgan fingerprint density at radius 3 is 2.48 bits per heavy atom. The molecule has 21 heavy (non-hydrogen) atoms. The number of aliphatic hydroxyl groups is 1. The van der Waals surface area contributed by atoms with Gasteiger partial charge in [0.15, 0.2) is 0 Å². The highest BCUT2D eigenvalue weighted by atomic mass is 79.9. The van der Waals surface area contributed by atoms with Gasteiger partial charge in [0.25, 0.3) is 0 Å². The zero-order valence-corrected chi connectivity index (χ0v) is 14.1. The summed E-state index contributed by atoms with van der Waals surface area (Å²) in [6.45, 7) is 2.98. The van der Waals surface area contributed by atoms with Crippen molar-refractivity contribution in [3.63, 3.8) is 0 Å². The maximum Gasteiger partial charge on any atom is 0.129 e. The molecule has 1 aromatic carbocycles. The third-order valence-corrected chi connectivity index (χ3v) is 3.87. The fourth-order valence-corrected chi connectivity index (χ4v) is 2.51. The highest BCUT2D eigenvalue weighted by molar-refractivity contribution is 9.10. The molecule has 0 bridgehead atoms. The van der Waals surface area contributed by atoms with Crippen LogP contribution in [0.5, 0.6) is 0 Å². The number of hydrogen-bond acceptors (Lipinski definition) is 3. The van der Waals surface area contributed by atoms with Gasteiger partial charge >= 0.3 is 0 Å². The summed E-state index contributed by atoms with van der Waals surface area (Å²) in [5, 5.41) is 9.41. The first-order valence-corrected chi connectivity index (χ1v) is 7.98. The molecule has 0 aliphatic heterocycles. The van der Waals surface area contributed by atoms with E-state index in [1.807, 2.05) is 31.3 Å². The van der Waals surface area contributed by atoms with Gasteiger partial charge in [0.2, 0.25) is 0 Å². The largest absolute Gasteiger partial charge is 0.392 e. The normalized spacial score (nSPS) is 10.7. The zero-order valence-electron chi connectivity index (χ0n) is 12.5. The van der Waals surface area contributed by atoms with Gasteiger partial charge in [-0.05, 0) is 41.8 Å². The van der Waals surface area contributed by atoms with Crippen LogP contribution in [0.3, 0.4) is 0 Å². The lowest BCUT2D eigenvalue weighted by atomic mass is 10.1. The summed E-state index contributed by atoms with van der Waals surface area (Å²) < 4.78 is 1.08. The molecule has 4 heteroatoms. The molecule has 0 aliphatic rings. The average molecular weight is 349 g/mol. The minimum absolute atomic E-state index is 0.0539. The summed E-state index contributed by atoms with van der Waals surface area (Å²) in [6.07, 6.45) is 1.99. The zero-order chi connectivity index (χ0) is 15.2. The van der Waals surface area contributed by atoms with Gasteiger partial charge in [0.05, 0.1) is 6.61 Å². The molecular formula is C17H21BrN2O. The van der Waals surface area contributed by atoms with Crippen molar-refractivity contribution in [2.45, 2.75) is 32.9 Å². The maximum absolute atomic E-state index is 9.41. The van der Waals surface area contributed by atoms with Crippen molar-refractivity contribution in [3.05, 3.63) is 57.7 Å². The van der Waals surface area contributed by atoms with Crippen molar-refractivity contribution < 1.29 is 5.11 Å². The lowest BCUT2D eigenvalue weighted by Crippen LogP contribution is -2.18. The van der Waals surface area contributed by atoms with Crippen LogP contribution in [0.2, 0.25) is 0 Å². The summed E-state index contributed by atoms with van der Waals surface area (Å²) in [7, 11) is 2.03. The number of hydrogen-bond donors (Lipinski definition) is 1. The van der Waals surface area contributed by atoms with E-state index in [0.717, 1.165) is 40.9 Å². The molecule has 1 aromatic heterocycles. The molecule has 0 atom stereocenters. The first kappa shape index (κ1) is 16.0. The number of nitrogens with zero attached hydrogens (tertiary/aromatic N) is 2. The molecule has 0 aliphatic carbocycles. The van der Waals surface area contributed by atoms with Gasteiger partial charge < -0.3 is 10.0 Å². The van der Waals surface area contributed by atoms with Gasteiger partial charge in [-0.2, -0.15) is 0 Å². The van der Waals surface area contributed by atoms with Gasteiger partial charge in [-0.15, -0.1) is 0 Å². The summed E-state index contributed by atoms with van der Waals surface area (Å²) in [5.41, 5.74) is 3.20. The van der Waals surface area contributed by atoms with Crippen LogP contribution in [0.25, 0.3) is 0 Å². The maximum atomic E-state index is 9.41. The van der Waals surface area contributed by atoms with E-state index in [1.54, 1.807) is 0 Å². The first-order chi connectivity index (χ1) is 10.1. The predicted octanol–water partition coefficient (Wildman–Crippen LogP) is 3.93. The topological polar surface area (TPSA) is 36.4 Å². The van der Waals surface area contributed by atoms with Crippen molar-refractivity contribution >= 4 is 21.7 Å². The van der Waals surface area contributed by atoms with E-state index in [9.17, 15) is 5.11 Å². The predicted molar refractivity (Wildman–Crippen MR) is 90.4 cm³/mol. The van der Waals surface area contributed by atoms with Crippen molar-refractivity contribution in [1.82, 2.24) is 4.98 Å². The van der Waals surface area contributed by atoms with Crippen LogP contribution in [0.1, 0.15) is 30.2 Å². The second-order valence-electron chi connectivity index (χ2n) is 5.22. The molecule has 2 aromatic rings. The van der Waals surface area contributed by atoms with E-state index >= 15 is 0 Å². The summed E-state index contributed by atoms with van der Waals surface area (Å²) in [4.78, 5) is 6.80. The van der Waals surface area contributed by atoms with Gasteiger partial charge in [0, 0.05) is 23.8 Å². The van der Waals surface area contributed by atoms with E-state index in [0.29, 0.717) is 0 Å². The smallest absolute Gasteiger partial charge is 0.129 e. The molecule has 0 fully saturated rings. The second-order valence-corrected chi connectivity index (χ2v) is 6.13.